The Morgan fingerprint density at radius 3 is 2.80 bits per heavy atom. The number of likely N-dealkylation sites (N-methyl/N-ethyl adjacent to an activating group) is 1. The van der Waals surface area contributed by atoms with Crippen LogP contribution in [0.2, 0.25) is 0 Å². The number of fused-ring (bicyclic) bond motifs is 1. The van der Waals surface area contributed by atoms with Crippen molar-refractivity contribution in [3.63, 3.8) is 0 Å². The van der Waals surface area contributed by atoms with Gasteiger partial charge in [0.1, 0.15) is 6.29 Å². The Hall–Kier alpha value is -2.91. The van der Waals surface area contributed by atoms with E-state index in [-0.39, 0.29) is 11.9 Å². The van der Waals surface area contributed by atoms with Crippen LogP contribution in [0.3, 0.4) is 0 Å². The summed E-state index contributed by atoms with van der Waals surface area (Å²) in [5, 5.41) is 8.38. The lowest BCUT2D eigenvalue weighted by molar-refractivity contribution is -0.106. The molecule has 0 aromatic carbocycles. The smallest absolute Gasteiger partial charge is 0.274 e. The number of aliphatic imine (C=N–C) groups is 1. The summed E-state index contributed by atoms with van der Waals surface area (Å²) in [5.74, 6) is 0.349. The Morgan fingerprint density at radius 1 is 1.47 bits per heavy atom. The van der Waals surface area contributed by atoms with Crippen LogP contribution in [0.5, 0.6) is 0 Å². The zero-order valence-electron chi connectivity index (χ0n) is 17.6. The second-order valence-electron chi connectivity index (χ2n) is 6.64. The fourth-order valence-corrected chi connectivity index (χ4v) is 3.94. The lowest BCUT2D eigenvalue weighted by Gasteiger charge is -2.18. The van der Waals surface area contributed by atoms with E-state index in [1.807, 2.05) is 30.3 Å². The van der Waals surface area contributed by atoms with E-state index in [0.717, 1.165) is 35.2 Å². The molecule has 30 heavy (non-hydrogen) atoms. The summed E-state index contributed by atoms with van der Waals surface area (Å²) in [6, 6.07) is 2.07. The molecule has 2 aromatic heterocycles. The van der Waals surface area contributed by atoms with E-state index in [0.29, 0.717) is 24.2 Å². The maximum atomic E-state index is 13.1. The van der Waals surface area contributed by atoms with Crippen LogP contribution < -0.4 is 10.6 Å². The van der Waals surface area contributed by atoms with Crippen molar-refractivity contribution < 1.29 is 9.59 Å². The van der Waals surface area contributed by atoms with Gasteiger partial charge in [-0.3, -0.25) is 9.79 Å². The molecule has 2 atom stereocenters. The highest BCUT2D eigenvalue weighted by atomic mass is 32.1. The Morgan fingerprint density at radius 2 is 2.20 bits per heavy atom. The predicted octanol–water partition coefficient (Wildman–Crippen LogP) is 2.90. The number of thiophene rings is 1. The number of carbonyl (C=O) groups is 2. The standard InChI is InChI=1S/C19H24N6OS.C2H4O/c1-5-6-14(21-4)12(2)22-19-23-15-8-10-27-17(15)16(24-19)18(26)25-9-7-13(11-25)20-3;1-2-3/h5-6,8,10,12-13,20H,1,4,7,9,11H2,2-3H3,(H,22,23,24);2H,1H3/b14-6-;/t12?,13-;/m1./s1. The van der Waals surface area contributed by atoms with Gasteiger partial charge in [0, 0.05) is 19.1 Å². The molecule has 1 unspecified atom stereocenters. The Labute approximate surface area is 180 Å². The fourth-order valence-electron chi connectivity index (χ4n) is 3.13. The number of hydrogen-bond acceptors (Lipinski definition) is 8. The highest BCUT2D eigenvalue weighted by Gasteiger charge is 2.28. The molecule has 2 N–H and O–H groups in total. The molecular formula is C21H28N6O2S. The van der Waals surface area contributed by atoms with Gasteiger partial charge in [-0.1, -0.05) is 12.7 Å². The number of anilines is 1. The summed E-state index contributed by atoms with van der Waals surface area (Å²) in [5.41, 5.74) is 1.93. The maximum absolute atomic E-state index is 13.1. The SMILES string of the molecule is C=C/C=C(\N=C)C(C)Nc1nc(C(=O)N2CC[C@@H](NC)C2)c2sccc2n1.CC=O. The minimum Gasteiger partial charge on any atom is -0.346 e. The van der Waals surface area contributed by atoms with Gasteiger partial charge in [0.05, 0.1) is 22.0 Å². The number of nitrogens with zero attached hydrogens (tertiary/aromatic N) is 4. The number of hydrogen-bond donors (Lipinski definition) is 2. The molecule has 1 aliphatic heterocycles. The molecule has 1 amide bonds. The third-order valence-corrected chi connectivity index (χ3v) is 5.56. The normalized spacial score (nSPS) is 17.1. The monoisotopic (exact) mass is 428 g/mol. The van der Waals surface area contributed by atoms with Gasteiger partial charge in [-0.05, 0) is 51.6 Å². The van der Waals surface area contributed by atoms with Crippen molar-refractivity contribution in [3.05, 3.63) is 41.6 Å². The zero-order chi connectivity index (χ0) is 22.1. The molecule has 2 aromatic rings. The van der Waals surface area contributed by atoms with Crippen molar-refractivity contribution in [2.45, 2.75) is 32.4 Å². The molecule has 3 rings (SSSR count). The highest BCUT2D eigenvalue weighted by Crippen LogP contribution is 2.26. The molecular weight excluding hydrogens is 400 g/mol. The van der Waals surface area contributed by atoms with Crippen molar-refractivity contribution in [3.8, 4) is 0 Å². The third-order valence-electron chi connectivity index (χ3n) is 4.65. The molecule has 0 aliphatic carbocycles. The van der Waals surface area contributed by atoms with Crippen LogP contribution in [0.1, 0.15) is 30.8 Å². The van der Waals surface area contributed by atoms with Crippen LogP contribution in [-0.4, -0.2) is 66.0 Å². The van der Waals surface area contributed by atoms with Crippen molar-refractivity contribution in [2.75, 3.05) is 25.5 Å². The second kappa shape index (κ2) is 11.3. The molecule has 160 valence electrons. The first-order valence-corrected chi connectivity index (χ1v) is 10.5. The van der Waals surface area contributed by atoms with Crippen LogP contribution >= 0.6 is 11.3 Å². The summed E-state index contributed by atoms with van der Waals surface area (Å²) >= 11 is 1.49. The Balaban J connectivity index is 0.00000101. The minimum atomic E-state index is -0.167. The van der Waals surface area contributed by atoms with Crippen LogP contribution in [0, 0.1) is 0 Å². The zero-order valence-corrected chi connectivity index (χ0v) is 18.4. The summed E-state index contributed by atoms with van der Waals surface area (Å²) in [4.78, 5) is 36.8. The van der Waals surface area contributed by atoms with Crippen LogP contribution in [-0.2, 0) is 4.79 Å². The van der Waals surface area contributed by atoms with Gasteiger partial charge in [-0.15, -0.1) is 11.3 Å². The van der Waals surface area contributed by atoms with Crippen LogP contribution in [0.25, 0.3) is 10.2 Å². The molecule has 3 heterocycles. The number of rotatable bonds is 7. The van der Waals surface area contributed by atoms with Gasteiger partial charge in [0.15, 0.2) is 5.69 Å². The molecule has 8 nitrogen and oxygen atoms in total. The van der Waals surface area contributed by atoms with E-state index < -0.39 is 0 Å². The molecule has 1 fully saturated rings. The Bertz CT molecular complexity index is 939. The summed E-state index contributed by atoms with van der Waals surface area (Å²) in [6.07, 6.45) is 5.14. The average molecular weight is 429 g/mol. The van der Waals surface area contributed by atoms with Crippen molar-refractivity contribution >= 4 is 46.4 Å². The van der Waals surface area contributed by atoms with E-state index in [2.05, 4.69) is 38.9 Å². The van der Waals surface area contributed by atoms with Gasteiger partial charge in [-0.25, -0.2) is 9.97 Å². The highest BCUT2D eigenvalue weighted by molar-refractivity contribution is 7.17. The van der Waals surface area contributed by atoms with E-state index in [9.17, 15) is 4.79 Å². The van der Waals surface area contributed by atoms with Crippen molar-refractivity contribution in [1.82, 2.24) is 20.2 Å². The van der Waals surface area contributed by atoms with Crippen molar-refractivity contribution in [2.24, 2.45) is 4.99 Å². The average Bonchev–Trinajstić information content (AvgIpc) is 3.40. The molecule has 9 heteroatoms. The summed E-state index contributed by atoms with van der Waals surface area (Å²) < 4.78 is 0.815. The Kier molecular flexibility index (Phi) is 8.82. The van der Waals surface area contributed by atoms with Gasteiger partial charge in [-0.2, -0.15) is 0 Å². The van der Waals surface area contributed by atoms with Crippen molar-refractivity contribution in [1.29, 1.82) is 0 Å². The van der Waals surface area contributed by atoms with Gasteiger partial charge in [0.25, 0.3) is 5.91 Å². The first kappa shape index (κ1) is 23.4. The fraction of sp³-hybridized carbons (Fsp3) is 0.381. The molecule has 0 radical (unpaired) electrons. The lowest BCUT2D eigenvalue weighted by atomic mass is 10.2. The first-order chi connectivity index (χ1) is 14.5. The lowest BCUT2D eigenvalue weighted by Crippen LogP contribution is -2.34. The van der Waals surface area contributed by atoms with Gasteiger partial charge < -0.3 is 20.3 Å². The summed E-state index contributed by atoms with van der Waals surface area (Å²) in [6.45, 7) is 12.1. The number of aldehydes is 1. The number of amides is 1. The van der Waals surface area contributed by atoms with Crippen LogP contribution in [0.15, 0.2) is 40.9 Å². The second-order valence-corrected chi connectivity index (χ2v) is 7.56. The molecule has 0 bridgehead atoms. The largest absolute Gasteiger partial charge is 0.346 e. The van der Waals surface area contributed by atoms with E-state index in [4.69, 9.17) is 4.79 Å². The number of likely N-dealkylation sites (tertiary alicyclic amines) is 1. The first-order valence-electron chi connectivity index (χ1n) is 9.66. The molecule has 0 saturated carbocycles. The summed E-state index contributed by atoms with van der Waals surface area (Å²) in [7, 11) is 1.92. The maximum Gasteiger partial charge on any atom is 0.274 e. The van der Waals surface area contributed by atoms with E-state index >= 15 is 0 Å². The molecule has 1 aliphatic rings. The number of nitrogens with one attached hydrogen (secondary N) is 2. The number of carbonyl (C=O) groups excluding carboxylic acids is 2. The third kappa shape index (κ3) is 5.58. The minimum absolute atomic E-state index is 0.0537. The quantitative estimate of drug-likeness (QED) is 0.400. The number of allylic oxidation sites excluding steroid dienone is 2. The van der Waals surface area contributed by atoms with Gasteiger partial charge in [0.2, 0.25) is 5.95 Å². The van der Waals surface area contributed by atoms with Gasteiger partial charge >= 0.3 is 0 Å². The topological polar surface area (TPSA) is 99.6 Å². The molecule has 0 spiro atoms. The van der Waals surface area contributed by atoms with Crippen LogP contribution in [0.4, 0.5) is 5.95 Å². The predicted molar refractivity (Wildman–Crippen MR) is 123 cm³/mol. The number of aromatic nitrogens is 2. The van der Waals surface area contributed by atoms with E-state index in [1.54, 1.807) is 12.2 Å². The molecule has 1 saturated heterocycles. The van der Waals surface area contributed by atoms with E-state index in [1.165, 1.54) is 18.3 Å².